The van der Waals surface area contributed by atoms with Gasteiger partial charge >= 0.3 is 5.97 Å². The highest BCUT2D eigenvalue weighted by molar-refractivity contribution is 5.89. The quantitative estimate of drug-likeness (QED) is 0.845. The lowest BCUT2D eigenvalue weighted by atomic mass is 10.2. The zero-order valence-electron chi connectivity index (χ0n) is 11.5. The molecule has 20 heavy (non-hydrogen) atoms. The number of aryl methyl sites for hydroxylation is 1. The lowest BCUT2D eigenvalue weighted by molar-refractivity contribution is 0.0697. The number of aromatic nitrogens is 2. The summed E-state index contributed by atoms with van der Waals surface area (Å²) in [6.07, 6.45) is 3.55. The van der Waals surface area contributed by atoms with Crippen molar-refractivity contribution in [2.75, 3.05) is 12.4 Å². The fourth-order valence-corrected chi connectivity index (χ4v) is 1.95. The lowest BCUT2D eigenvalue weighted by Gasteiger charge is -2.12. The molecule has 0 aliphatic carbocycles. The van der Waals surface area contributed by atoms with E-state index >= 15 is 0 Å². The molecule has 6 heteroatoms. The summed E-state index contributed by atoms with van der Waals surface area (Å²) in [4.78, 5) is 15.1. The average molecular weight is 275 g/mol. The van der Waals surface area contributed by atoms with Gasteiger partial charge in [0.05, 0.1) is 36.9 Å². The van der Waals surface area contributed by atoms with Crippen LogP contribution in [0.15, 0.2) is 30.7 Å². The summed E-state index contributed by atoms with van der Waals surface area (Å²) >= 11 is 0. The Kier molecular flexibility index (Phi) is 4.24. The molecule has 6 nitrogen and oxygen atoms in total. The van der Waals surface area contributed by atoms with E-state index in [1.165, 1.54) is 6.07 Å². The van der Waals surface area contributed by atoms with E-state index in [0.717, 1.165) is 12.2 Å². The van der Waals surface area contributed by atoms with Gasteiger partial charge in [0, 0.05) is 12.7 Å². The van der Waals surface area contributed by atoms with Crippen LogP contribution in [0.4, 0.5) is 5.69 Å². The first-order valence-corrected chi connectivity index (χ1v) is 6.30. The number of hydrogen-bond donors (Lipinski definition) is 2. The van der Waals surface area contributed by atoms with Crippen molar-refractivity contribution >= 4 is 11.7 Å². The van der Waals surface area contributed by atoms with Gasteiger partial charge in [-0.05, 0) is 25.1 Å². The van der Waals surface area contributed by atoms with Crippen molar-refractivity contribution < 1.29 is 14.6 Å². The number of anilines is 1. The topological polar surface area (TPSA) is 76.4 Å². The molecule has 0 saturated heterocycles. The van der Waals surface area contributed by atoms with Gasteiger partial charge < -0.3 is 19.7 Å². The number of hydrogen-bond acceptors (Lipinski definition) is 4. The Balaban J connectivity index is 2.19. The monoisotopic (exact) mass is 275 g/mol. The minimum Gasteiger partial charge on any atom is -0.495 e. The van der Waals surface area contributed by atoms with Gasteiger partial charge in [0.25, 0.3) is 0 Å². The molecule has 2 rings (SSSR count). The van der Waals surface area contributed by atoms with Crippen molar-refractivity contribution in [1.29, 1.82) is 0 Å². The first-order valence-electron chi connectivity index (χ1n) is 6.30. The largest absolute Gasteiger partial charge is 0.495 e. The summed E-state index contributed by atoms with van der Waals surface area (Å²) in [5.74, 6) is -0.355. The van der Waals surface area contributed by atoms with Crippen LogP contribution in [0.2, 0.25) is 0 Å². The fraction of sp³-hybridized carbons (Fsp3) is 0.286. The normalized spacial score (nSPS) is 10.3. The Labute approximate surface area is 117 Å². The minimum absolute atomic E-state index is 0.220. The second-order valence-corrected chi connectivity index (χ2v) is 4.24. The molecular formula is C14H17N3O3. The van der Waals surface area contributed by atoms with E-state index in [1.807, 2.05) is 11.5 Å². The van der Waals surface area contributed by atoms with Crippen LogP contribution >= 0.6 is 0 Å². The molecule has 0 unspecified atom stereocenters. The number of carboxylic acid groups (broad SMARTS) is 1. The van der Waals surface area contributed by atoms with Gasteiger partial charge in [-0.15, -0.1) is 0 Å². The Hall–Kier alpha value is -2.50. The van der Waals surface area contributed by atoms with Crippen LogP contribution < -0.4 is 10.1 Å². The highest BCUT2D eigenvalue weighted by Gasteiger charge is 2.09. The van der Waals surface area contributed by atoms with Crippen molar-refractivity contribution in [3.05, 3.63) is 42.0 Å². The molecule has 0 aliphatic rings. The van der Waals surface area contributed by atoms with E-state index in [2.05, 4.69) is 10.3 Å². The van der Waals surface area contributed by atoms with Crippen LogP contribution in [-0.2, 0) is 13.1 Å². The predicted octanol–water partition coefficient (Wildman–Crippen LogP) is 2.22. The first kappa shape index (κ1) is 13.9. The van der Waals surface area contributed by atoms with E-state index in [1.54, 1.807) is 31.8 Å². The third-order valence-electron chi connectivity index (χ3n) is 3.05. The average Bonchev–Trinajstić information content (AvgIpc) is 2.92. The molecule has 0 fully saturated rings. The second kappa shape index (κ2) is 6.10. The SMILES string of the molecule is CCn1cncc1CNc1cc(C(=O)O)ccc1OC. The Morgan fingerprint density at radius 1 is 1.50 bits per heavy atom. The van der Waals surface area contributed by atoms with Crippen LogP contribution in [-0.4, -0.2) is 27.7 Å². The Morgan fingerprint density at radius 3 is 2.95 bits per heavy atom. The maximum absolute atomic E-state index is 11.0. The molecule has 0 bridgehead atoms. The van der Waals surface area contributed by atoms with E-state index in [4.69, 9.17) is 9.84 Å². The summed E-state index contributed by atoms with van der Waals surface area (Å²) in [6.45, 7) is 3.42. The molecule has 2 aromatic rings. The number of carbonyl (C=O) groups is 1. The molecule has 0 spiro atoms. The molecule has 0 aliphatic heterocycles. The summed E-state index contributed by atoms with van der Waals surface area (Å²) in [5, 5.41) is 12.2. The zero-order valence-corrected chi connectivity index (χ0v) is 11.5. The van der Waals surface area contributed by atoms with Crippen molar-refractivity contribution in [3.63, 3.8) is 0 Å². The molecule has 0 amide bonds. The van der Waals surface area contributed by atoms with Crippen LogP contribution in [0, 0.1) is 0 Å². The summed E-state index contributed by atoms with van der Waals surface area (Å²) in [6, 6.07) is 4.72. The number of nitrogens with one attached hydrogen (secondary N) is 1. The van der Waals surface area contributed by atoms with Gasteiger partial charge in [-0.25, -0.2) is 9.78 Å². The third kappa shape index (κ3) is 2.90. The van der Waals surface area contributed by atoms with Gasteiger partial charge in [-0.1, -0.05) is 0 Å². The number of rotatable bonds is 6. The van der Waals surface area contributed by atoms with Gasteiger partial charge in [-0.3, -0.25) is 0 Å². The first-order chi connectivity index (χ1) is 9.65. The predicted molar refractivity (Wildman–Crippen MR) is 75.2 cm³/mol. The van der Waals surface area contributed by atoms with Crippen LogP contribution in [0.3, 0.4) is 0 Å². The fourth-order valence-electron chi connectivity index (χ4n) is 1.95. The zero-order chi connectivity index (χ0) is 14.5. The third-order valence-corrected chi connectivity index (χ3v) is 3.05. The maximum atomic E-state index is 11.0. The molecule has 1 aromatic heterocycles. The molecule has 1 heterocycles. The number of aromatic carboxylic acids is 1. The lowest BCUT2D eigenvalue weighted by Crippen LogP contribution is -2.08. The Morgan fingerprint density at radius 2 is 2.30 bits per heavy atom. The molecule has 0 radical (unpaired) electrons. The summed E-state index contributed by atoms with van der Waals surface area (Å²) in [5.41, 5.74) is 1.89. The highest BCUT2D eigenvalue weighted by Crippen LogP contribution is 2.26. The second-order valence-electron chi connectivity index (χ2n) is 4.24. The van der Waals surface area contributed by atoms with Crippen molar-refractivity contribution in [1.82, 2.24) is 9.55 Å². The number of methoxy groups -OCH3 is 1. The highest BCUT2D eigenvalue weighted by atomic mass is 16.5. The number of nitrogens with zero attached hydrogens (tertiary/aromatic N) is 2. The van der Waals surface area contributed by atoms with E-state index < -0.39 is 5.97 Å². The summed E-state index contributed by atoms with van der Waals surface area (Å²) < 4.78 is 7.24. The molecule has 0 atom stereocenters. The van der Waals surface area contributed by atoms with Gasteiger partial charge in [0.2, 0.25) is 0 Å². The van der Waals surface area contributed by atoms with Crippen molar-refractivity contribution in [3.8, 4) is 5.75 Å². The standard InChI is InChI=1S/C14H17N3O3/c1-3-17-9-15-7-11(17)8-16-12-6-10(14(18)19)4-5-13(12)20-2/h4-7,9,16H,3,8H2,1-2H3,(H,18,19). The molecule has 1 aromatic carbocycles. The molecule has 2 N–H and O–H groups in total. The van der Waals surface area contributed by atoms with Crippen LogP contribution in [0.1, 0.15) is 23.0 Å². The number of benzene rings is 1. The van der Waals surface area contributed by atoms with Gasteiger partial charge in [0.1, 0.15) is 5.75 Å². The van der Waals surface area contributed by atoms with Gasteiger partial charge in [0.15, 0.2) is 0 Å². The van der Waals surface area contributed by atoms with Crippen molar-refractivity contribution in [2.45, 2.75) is 20.0 Å². The van der Waals surface area contributed by atoms with E-state index in [-0.39, 0.29) is 5.56 Å². The number of imidazole rings is 1. The maximum Gasteiger partial charge on any atom is 0.335 e. The molecule has 0 saturated carbocycles. The number of carboxylic acids is 1. The van der Waals surface area contributed by atoms with Crippen molar-refractivity contribution in [2.24, 2.45) is 0 Å². The van der Waals surface area contributed by atoms with Crippen LogP contribution in [0.5, 0.6) is 5.75 Å². The minimum atomic E-state index is -0.964. The smallest absolute Gasteiger partial charge is 0.335 e. The van der Waals surface area contributed by atoms with E-state index in [0.29, 0.717) is 18.0 Å². The molecule has 106 valence electrons. The van der Waals surface area contributed by atoms with E-state index in [9.17, 15) is 4.79 Å². The van der Waals surface area contributed by atoms with Gasteiger partial charge in [-0.2, -0.15) is 0 Å². The number of ether oxygens (including phenoxy) is 1. The Bertz CT molecular complexity index is 607. The summed E-state index contributed by atoms with van der Waals surface area (Å²) in [7, 11) is 1.55. The van der Waals surface area contributed by atoms with Crippen LogP contribution in [0.25, 0.3) is 0 Å². The molecular weight excluding hydrogens is 258 g/mol.